The van der Waals surface area contributed by atoms with Crippen LogP contribution in [0.2, 0.25) is 0 Å². The molecule has 4 aromatic rings. The number of amides is 3. The van der Waals surface area contributed by atoms with Crippen molar-refractivity contribution >= 4 is 29.5 Å². The maximum atomic E-state index is 13.7. The maximum absolute atomic E-state index is 13.7. The molecule has 1 aromatic carbocycles. The molecule has 47 heavy (non-hydrogen) atoms. The lowest BCUT2D eigenvalue weighted by atomic mass is 9.90. The van der Waals surface area contributed by atoms with Gasteiger partial charge in [-0.3, -0.25) is 14.4 Å². The standard InChI is InChI=1S/C34H37N11O2/c1-44-21-25(19-40-44)23-7-12-29(36-17-23)45(33(47)39-16-22-5-3-2-4-6-22)27-10-8-26(9-11-27)41-32-38-18-24(15-35)30(43-32)42-28-20-37-31(46)34(28)13-14-34/h2-7,12,17-19,21,26-28H,8-11,13-14,16,20H2,1H3,(H,37,46)(H,39,47)(H2,38,41,42,43)/t26-,27-,28?. The molecule has 1 atom stereocenters. The number of hydrogen-bond acceptors (Lipinski definition) is 9. The van der Waals surface area contributed by atoms with E-state index in [2.05, 4.69) is 42.4 Å². The van der Waals surface area contributed by atoms with Gasteiger partial charge in [-0.25, -0.2) is 14.8 Å². The molecule has 4 N–H and O–H groups in total. The first-order valence-electron chi connectivity index (χ1n) is 16.1. The summed E-state index contributed by atoms with van der Waals surface area (Å²) in [6.45, 7) is 0.927. The molecule has 3 aromatic heterocycles. The quantitative estimate of drug-likeness (QED) is 0.214. The molecular weight excluding hydrogens is 594 g/mol. The Kier molecular flexibility index (Phi) is 8.15. The van der Waals surface area contributed by atoms with E-state index in [4.69, 9.17) is 4.98 Å². The molecule has 2 aliphatic carbocycles. The largest absolute Gasteiger partial charge is 0.363 e. The van der Waals surface area contributed by atoms with Crippen molar-refractivity contribution in [2.75, 3.05) is 22.1 Å². The Morgan fingerprint density at radius 3 is 2.53 bits per heavy atom. The normalized spacial score (nSPS) is 21.0. The number of nitriles is 1. The van der Waals surface area contributed by atoms with Crippen molar-refractivity contribution in [3.8, 4) is 17.2 Å². The number of urea groups is 1. The topological polar surface area (TPSA) is 166 Å². The molecule has 4 heterocycles. The number of pyridine rings is 1. The SMILES string of the molecule is Cn1cc(-c2ccc(N(C(=O)NCc3ccccc3)[C@H]3CC[C@H](Nc4ncc(C#N)c(NC5CNC(=O)C56CC6)n4)CC3)nc2)cn1. The third kappa shape index (κ3) is 6.31. The van der Waals surface area contributed by atoms with E-state index >= 15 is 0 Å². The molecule has 1 aliphatic heterocycles. The summed E-state index contributed by atoms with van der Waals surface area (Å²) < 4.78 is 1.75. The molecule has 2 saturated carbocycles. The lowest BCUT2D eigenvalue weighted by Gasteiger charge is -2.36. The van der Waals surface area contributed by atoms with Gasteiger partial charge in [-0.1, -0.05) is 30.3 Å². The van der Waals surface area contributed by atoms with Gasteiger partial charge in [-0.2, -0.15) is 15.3 Å². The summed E-state index contributed by atoms with van der Waals surface area (Å²) in [4.78, 5) is 41.6. The summed E-state index contributed by atoms with van der Waals surface area (Å²) in [5.41, 5.74) is 2.86. The highest BCUT2D eigenvalue weighted by molar-refractivity contribution is 5.92. The molecule has 1 unspecified atom stereocenters. The van der Waals surface area contributed by atoms with Gasteiger partial charge in [-0.15, -0.1) is 0 Å². The third-order valence-electron chi connectivity index (χ3n) is 9.53. The number of anilines is 3. The van der Waals surface area contributed by atoms with Crippen molar-refractivity contribution < 1.29 is 9.59 Å². The highest BCUT2D eigenvalue weighted by Crippen LogP contribution is 2.52. The fourth-order valence-corrected chi connectivity index (χ4v) is 6.68. The van der Waals surface area contributed by atoms with Gasteiger partial charge in [0.25, 0.3) is 0 Å². The Bertz CT molecular complexity index is 1790. The van der Waals surface area contributed by atoms with Crippen LogP contribution in [-0.4, -0.2) is 61.3 Å². The van der Waals surface area contributed by atoms with Gasteiger partial charge in [0, 0.05) is 55.7 Å². The van der Waals surface area contributed by atoms with Gasteiger partial charge < -0.3 is 21.3 Å². The summed E-state index contributed by atoms with van der Waals surface area (Å²) in [5.74, 6) is 1.54. The molecular formula is C34H37N11O2. The molecule has 3 amide bonds. The molecule has 0 radical (unpaired) electrons. The number of hydrogen-bond donors (Lipinski definition) is 4. The second-order valence-electron chi connectivity index (χ2n) is 12.6. The average Bonchev–Trinajstić information content (AvgIpc) is 3.71. The van der Waals surface area contributed by atoms with Crippen molar-refractivity contribution in [3.05, 3.63) is 78.4 Å². The van der Waals surface area contributed by atoms with E-state index in [0.29, 0.717) is 36.2 Å². The van der Waals surface area contributed by atoms with Crippen LogP contribution in [0.15, 0.2) is 67.3 Å². The lowest BCUT2D eigenvalue weighted by molar-refractivity contribution is -0.123. The minimum atomic E-state index is -0.392. The number of rotatable bonds is 9. The Balaban J connectivity index is 1.03. The van der Waals surface area contributed by atoms with Crippen LogP contribution in [0.1, 0.15) is 49.7 Å². The Morgan fingerprint density at radius 2 is 1.85 bits per heavy atom. The van der Waals surface area contributed by atoms with Gasteiger partial charge in [0.2, 0.25) is 11.9 Å². The van der Waals surface area contributed by atoms with E-state index in [-0.39, 0.29) is 30.1 Å². The number of aromatic nitrogens is 5. The van der Waals surface area contributed by atoms with E-state index in [1.807, 2.05) is 55.7 Å². The zero-order valence-corrected chi connectivity index (χ0v) is 26.2. The van der Waals surface area contributed by atoms with Crippen LogP contribution in [0.3, 0.4) is 0 Å². The van der Waals surface area contributed by atoms with E-state index in [1.54, 1.807) is 22.0 Å². The van der Waals surface area contributed by atoms with Gasteiger partial charge in [0.05, 0.1) is 23.9 Å². The van der Waals surface area contributed by atoms with Crippen molar-refractivity contribution in [1.29, 1.82) is 5.26 Å². The van der Waals surface area contributed by atoms with Crippen LogP contribution >= 0.6 is 0 Å². The molecule has 0 bridgehead atoms. The monoisotopic (exact) mass is 631 g/mol. The fraction of sp³-hybridized carbons (Fsp3) is 0.382. The van der Waals surface area contributed by atoms with Crippen LogP contribution in [0.5, 0.6) is 0 Å². The predicted octanol–water partition coefficient (Wildman–Crippen LogP) is 3.97. The van der Waals surface area contributed by atoms with Crippen molar-refractivity contribution in [2.45, 2.75) is 63.2 Å². The van der Waals surface area contributed by atoms with E-state index in [1.165, 1.54) is 6.20 Å². The van der Waals surface area contributed by atoms with Gasteiger partial charge in [-0.05, 0) is 56.2 Å². The van der Waals surface area contributed by atoms with Crippen LogP contribution in [0.25, 0.3) is 11.1 Å². The summed E-state index contributed by atoms with van der Waals surface area (Å²) >= 11 is 0. The molecule has 13 nitrogen and oxygen atoms in total. The summed E-state index contributed by atoms with van der Waals surface area (Å²) in [6, 6.07) is 15.6. The number of nitrogens with one attached hydrogen (secondary N) is 4. The van der Waals surface area contributed by atoms with Crippen LogP contribution in [-0.2, 0) is 18.4 Å². The summed E-state index contributed by atoms with van der Waals surface area (Å²) in [7, 11) is 1.87. The number of benzene rings is 1. The number of aryl methyl sites for hydroxylation is 1. The molecule has 3 fully saturated rings. The highest BCUT2D eigenvalue weighted by atomic mass is 16.2. The first-order valence-corrected chi connectivity index (χ1v) is 16.1. The lowest BCUT2D eigenvalue weighted by Crippen LogP contribution is -2.49. The maximum Gasteiger partial charge on any atom is 0.323 e. The predicted molar refractivity (Wildman–Crippen MR) is 176 cm³/mol. The Labute approximate surface area is 272 Å². The third-order valence-corrected chi connectivity index (χ3v) is 9.53. The molecule has 1 saturated heterocycles. The zero-order chi connectivity index (χ0) is 32.4. The van der Waals surface area contributed by atoms with Crippen molar-refractivity contribution in [3.63, 3.8) is 0 Å². The number of carbonyl (C=O) groups is 2. The van der Waals surface area contributed by atoms with E-state index < -0.39 is 5.41 Å². The summed E-state index contributed by atoms with van der Waals surface area (Å²) in [5, 5.41) is 26.8. The molecule has 13 heteroatoms. The molecule has 240 valence electrons. The fourth-order valence-electron chi connectivity index (χ4n) is 6.68. The minimum absolute atomic E-state index is 0.0539. The van der Waals surface area contributed by atoms with E-state index in [0.717, 1.165) is 55.2 Å². The minimum Gasteiger partial charge on any atom is -0.363 e. The second-order valence-corrected chi connectivity index (χ2v) is 12.6. The van der Waals surface area contributed by atoms with Gasteiger partial charge in [0.15, 0.2) is 0 Å². The number of nitrogens with zero attached hydrogens (tertiary/aromatic N) is 7. The first kappa shape index (κ1) is 30.2. The van der Waals surface area contributed by atoms with E-state index in [9.17, 15) is 14.9 Å². The Hall–Kier alpha value is -5.51. The molecule has 1 spiro atoms. The first-order chi connectivity index (χ1) is 22.9. The van der Waals surface area contributed by atoms with Crippen molar-refractivity contribution in [2.24, 2.45) is 12.5 Å². The second kappa shape index (κ2) is 12.7. The zero-order valence-electron chi connectivity index (χ0n) is 26.2. The van der Waals surface area contributed by atoms with Crippen LogP contribution < -0.4 is 26.2 Å². The smallest absolute Gasteiger partial charge is 0.323 e. The van der Waals surface area contributed by atoms with Crippen molar-refractivity contribution in [1.82, 2.24) is 35.4 Å². The molecule has 7 rings (SSSR count). The van der Waals surface area contributed by atoms with Gasteiger partial charge in [0.1, 0.15) is 23.3 Å². The number of carbonyl (C=O) groups excluding carboxylic acids is 2. The van der Waals surface area contributed by atoms with Gasteiger partial charge >= 0.3 is 6.03 Å². The highest BCUT2D eigenvalue weighted by Gasteiger charge is 2.59. The van der Waals surface area contributed by atoms with Crippen LogP contribution in [0.4, 0.5) is 22.4 Å². The average molecular weight is 632 g/mol. The summed E-state index contributed by atoms with van der Waals surface area (Å²) in [6.07, 6.45) is 11.8. The molecule has 3 aliphatic rings. The van der Waals surface area contributed by atoms with Crippen LogP contribution in [0, 0.1) is 16.7 Å². The Morgan fingerprint density at radius 1 is 1.04 bits per heavy atom.